The Balaban J connectivity index is 3.00. The highest BCUT2D eigenvalue weighted by atomic mass is 16.1. The van der Waals surface area contributed by atoms with Gasteiger partial charge in [-0.05, 0) is 45.2 Å². The lowest BCUT2D eigenvalue weighted by molar-refractivity contribution is 0.0938. The SMILES string of the molecule is CCC(C)NC(=O)c1c(C)cc(C)cc1C. The summed E-state index contributed by atoms with van der Waals surface area (Å²) >= 11 is 0. The molecule has 0 radical (unpaired) electrons. The van der Waals surface area contributed by atoms with Crippen molar-refractivity contribution >= 4 is 5.91 Å². The third-order valence-electron chi connectivity index (χ3n) is 2.89. The van der Waals surface area contributed by atoms with Gasteiger partial charge in [-0.2, -0.15) is 0 Å². The maximum atomic E-state index is 12.1. The van der Waals surface area contributed by atoms with Crippen LogP contribution in [0.15, 0.2) is 12.1 Å². The number of hydrogen-bond acceptors (Lipinski definition) is 1. The maximum absolute atomic E-state index is 12.1. The van der Waals surface area contributed by atoms with Crippen molar-refractivity contribution < 1.29 is 4.79 Å². The number of rotatable bonds is 3. The Morgan fingerprint density at radius 1 is 1.25 bits per heavy atom. The largest absolute Gasteiger partial charge is 0.350 e. The minimum atomic E-state index is 0.0457. The molecule has 2 nitrogen and oxygen atoms in total. The lowest BCUT2D eigenvalue weighted by atomic mass is 9.99. The summed E-state index contributed by atoms with van der Waals surface area (Å²) in [5, 5.41) is 3.01. The molecule has 0 aliphatic heterocycles. The van der Waals surface area contributed by atoms with Crippen LogP contribution in [0.4, 0.5) is 0 Å². The molecule has 0 saturated carbocycles. The number of nitrogens with one attached hydrogen (secondary N) is 1. The van der Waals surface area contributed by atoms with Crippen LogP contribution in [0.25, 0.3) is 0 Å². The molecule has 0 bridgehead atoms. The van der Waals surface area contributed by atoms with Gasteiger partial charge in [0.25, 0.3) is 5.91 Å². The molecule has 0 fully saturated rings. The fraction of sp³-hybridized carbons (Fsp3) is 0.500. The number of amides is 1. The Morgan fingerprint density at radius 3 is 2.19 bits per heavy atom. The summed E-state index contributed by atoms with van der Waals surface area (Å²) < 4.78 is 0. The van der Waals surface area contributed by atoms with E-state index in [0.717, 1.165) is 23.1 Å². The Labute approximate surface area is 98.1 Å². The molecule has 0 heterocycles. The number of carbonyl (C=O) groups is 1. The highest BCUT2D eigenvalue weighted by Gasteiger charge is 2.13. The predicted octanol–water partition coefficient (Wildman–Crippen LogP) is 3.14. The average Bonchev–Trinajstić information content (AvgIpc) is 2.15. The van der Waals surface area contributed by atoms with Gasteiger partial charge in [0.2, 0.25) is 0 Å². The Hall–Kier alpha value is -1.31. The van der Waals surface area contributed by atoms with Gasteiger partial charge in [-0.3, -0.25) is 4.79 Å². The molecule has 1 aromatic rings. The summed E-state index contributed by atoms with van der Waals surface area (Å²) in [6.45, 7) is 10.1. The van der Waals surface area contributed by atoms with E-state index in [1.807, 2.05) is 20.8 Å². The van der Waals surface area contributed by atoms with Crippen LogP contribution >= 0.6 is 0 Å². The van der Waals surface area contributed by atoms with Crippen molar-refractivity contribution in [3.05, 3.63) is 34.4 Å². The van der Waals surface area contributed by atoms with E-state index in [9.17, 15) is 4.79 Å². The molecule has 1 rings (SSSR count). The summed E-state index contributed by atoms with van der Waals surface area (Å²) in [6, 6.07) is 4.34. The summed E-state index contributed by atoms with van der Waals surface area (Å²) in [6.07, 6.45) is 0.954. The summed E-state index contributed by atoms with van der Waals surface area (Å²) in [7, 11) is 0. The zero-order valence-electron chi connectivity index (χ0n) is 10.8. The van der Waals surface area contributed by atoms with Gasteiger partial charge in [0.05, 0.1) is 0 Å². The standard InChI is InChI=1S/C14H21NO/c1-6-12(5)15-14(16)13-10(3)7-9(2)8-11(13)4/h7-8,12H,6H2,1-5H3,(H,15,16). The van der Waals surface area contributed by atoms with Crippen molar-refractivity contribution in [3.63, 3.8) is 0 Å². The summed E-state index contributed by atoms with van der Waals surface area (Å²) in [5.41, 5.74) is 4.14. The van der Waals surface area contributed by atoms with Crippen molar-refractivity contribution in [1.29, 1.82) is 0 Å². The topological polar surface area (TPSA) is 29.1 Å². The maximum Gasteiger partial charge on any atom is 0.252 e. The van der Waals surface area contributed by atoms with E-state index in [1.54, 1.807) is 0 Å². The first-order chi connectivity index (χ1) is 7.45. The third kappa shape index (κ3) is 2.84. The molecule has 0 spiro atoms. The van der Waals surface area contributed by atoms with Crippen molar-refractivity contribution in [2.24, 2.45) is 0 Å². The summed E-state index contributed by atoms with van der Waals surface area (Å²) in [4.78, 5) is 12.1. The first-order valence-corrected chi connectivity index (χ1v) is 5.84. The molecule has 1 aromatic carbocycles. The van der Waals surface area contributed by atoms with Gasteiger partial charge in [0.15, 0.2) is 0 Å². The second kappa shape index (κ2) is 5.15. The van der Waals surface area contributed by atoms with Gasteiger partial charge in [0, 0.05) is 11.6 Å². The van der Waals surface area contributed by atoms with Gasteiger partial charge < -0.3 is 5.32 Å². The van der Waals surface area contributed by atoms with Crippen LogP contribution < -0.4 is 5.32 Å². The first-order valence-electron chi connectivity index (χ1n) is 5.84. The van der Waals surface area contributed by atoms with Gasteiger partial charge in [-0.25, -0.2) is 0 Å². The molecule has 1 unspecified atom stereocenters. The van der Waals surface area contributed by atoms with E-state index < -0.39 is 0 Å². The fourth-order valence-electron chi connectivity index (χ4n) is 1.94. The van der Waals surface area contributed by atoms with Gasteiger partial charge in [-0.15, -0.1) is 0 Å². The van der Waals surface area contributed by atoms with E-state index in [0.29, 0.717) is 0 Å². The van der Waals surface area contributed by atoms with Crippen LogP contribution in [0, 0.1) is 20.8 Å². The van der Waals surface area contributed by atoms with Crippen LogP contribution in [-0.4, -0.2) is 11.9 Å². The molecule has 88 valence electrons. The van der Waals surface area contributed by atoms with E-state index in [-0.39, 0.29) is 11.9 Å². The predicted molar refractivity (Wildman–Crippen MR) is 67.9 cm³/mol. The van der Waals surface area contributed by atoms with Crippen molar-refractivity contribution in [2.45, 2.75) is 47.1 Å². The number of aryl methyl sites for hydroxylation is 3. The zero-order chi connectivity index (χ0) is 12.3. The molecule has 1 N–H and O–H groups in total. The van der Waals surface area contributed by atoms with Crippen LogP contribution in [0.1, 0.15) is 47.3 Å². The molecule has 1 amide bonds. The number of benzene rings is 1. The van der Waals surface area contributed by atoms with E-state index >= 15 is 0 Å². The molecular formula is C14H21NO. The van der Waals surface area contributed by atoms with E-state index in [4.69, 9.17) is 0 Å². The Morgan fingerprint density at radius 2 is 1.75 bits per heavy atom. The van der Waals surface area contributed by atoms with E-state index in [1.165, 1.54) is 5.56 Å². The van der Waals surface area contributed by atoms with Crippen molar-refractivity contribution in [1.82, 2.24) is 5.32 Å². The molecule has 2 heteroatoms. The lowest BCUT2D eigenvalue weighted by Gasteiger charge is -2.15. The van der Waals surface area contributed by atoms with Crippen molar-refractivity contribution in [2.75, 3.05) is 0 Å². The van der Waals surface area contributed by atoms with Crippen molar-refractivity contribution in [3.8, 4) is 0 Å². The molecular weight excluding hydrogens is 198 g/mol. The highest BCUT2D eigenvalue weighted by Crippen LogP contribution is 2.16. The second-order valence-electron chi connectivity index (χ2n) is 4.56. The smallest absolute Gasteiger partial charge is 0.252 e. The lowest BCUT2D eigenvalue weighted by Crippen LogP contribution is -2.32. The Bertz CT molecular complexity index is 373. The van der Waals surface area contributed by atoms with Crippen LogP contribution in [0.3, 0.4) is 0 Å². The quantitative estimate of drug-likeness (QED) is 0.831. The van der Waals surface area contributed by atoms with Crippen LogP contribution in [0.5, 0.6) is 0 Å². The molecule has 1 atom stereocenters. The zero-order valence-corrected chi connectivity index (χ0v) is 10.8. The number of hydrogen-bond donors (Lipinski definition) is 1. The average molecular weight is 219 g/mol. The normalized spacial score (nSPS) is 12.3. The number of carbonyl (C=O) groups excluding carboxylic acids is 1. The molecule has 0 aliphatic rings. The molecule has 0 aromatic heterocycles. The first kappa shape index (κ1) is 12.8. The summed E-state index contributed by atoms with van der Waals surface area (Å²) in [5.74, 6) is 0.0457. The second-order valence-corrected chi connectivity index (χ2v) is 4.56. The molecule has 0 saturated heterocycles. The third-order valence-corrected chi connectivity index (χ3v) is 2.89. The Kier molecular flexibility index (Phi) is 4.11. The van der Waals surface area contributed by atoms with Crippen LogP contribution in [0.2, 0.25) is 0 Å². The van der Waals surface area contributed by atoms with E-state index in [2.05, 4.69) is 31.3 Å². The molecule has 0 aliphatic carbocycles. The van der Waals surface area contributed by atoms with Gasteiger partial charge >= 0.3 is 0 Å². The van der Waals surface area contributed by atoms with Gasteiger partial charge in [0.1, 0.15) is 0 Å². The monoisotopic (exact) mass is 219 g/mol. The van der Waals surface area contributed by atoms with Gasteiger partial charge in [-0.1, -0.05) is 24.6 Å². The highest BCUT2D eigenvalue weighted by molar-refractivity contribution is 5.97. The van der Waals surface area contributed by atoms with Crippen LogP contribution in [-0.2, 0) is 0 Å². The minimum Gasteiger partial charge on any atom is -0.350 e. The minimum absolute atomic E-state index is 0.0457. The fourth-order valence-corrected chi connectivity index (χ4v) is 1.94. The molecule has 16 heavy (non-hydrogen) atoms.